The molecule has 0 aliphatic rings. The number of benzene rings is 1. The van der Waals surface area contributed by atoms with Crippen molar-refractivity contribution in [2.45, 2.75) is 18.9 Å². The van der Waals surface area contributed by atoms with Crippen LogP contribution in [0.3, 0.4) is 0 Å². The van der Waals surface area contributed by atoms with E-state index in [1.54, 1.807) is 24.3 Å². The lowest BCUT2D eigenvalue weighted by atomic mass is 10.2. The highest BCUT2D eigenvalue weighted by molar-refractivity contribution is 5.75. The molecule has 26 heavy (non-hydrogen) atoms. The Labute approximate surface area is 154 Å². The maximum atomic E-state index is 11.5. The molecule has 7 heteroatoms. The summed E-state index contributed by atoms with van der Waals surface area (Å²) < 4.78 is 15.9. The van der Waals surface area contributed by atoms with Crippen LogP contribution >= 0.6 is 0 Å². The van der Waals surface area contributed by atoms with Crippen LogP contribution < -0.4 is 9.47 Å². The summed E-state index contributed by atoms with van der Waals surface area (Å²) in [4.78, 5) is 23.8. The van der Waals surface area contributed by atoms with E-state index < -0.39 is 6.10 Å². The maximum absolute atomic E-state index is 11.5. The standard InChI is InChI=1S/C19H27NO6/c1-20(2)10-8-19(23)26-14-16(22)9-12-25-17-7-6-15(5-4-11-21)18(13-17)24-3/h4-7,11,13,16,22H,8-10,12,14H2,1-3H3/b5-4-. The minimum absolute atomic E-state index is 0.0473. The number of carbonyl (C=O) groups is 2. The summed E-state index contributed by atoms with van der Waals surface area (Å²) in [6.07, 6.45) is 3.56. The second kappa shape index (κ2) is 12.1. The molecule has 144 valence electrons. The van der Waals surface area contributed by atoms with Crippen molar-refractivity contribution in [3.8, 4) is 11.5 Å². The van der Waals surface area contributed by atoms with Gasteiger partial charge in [-0.05, 0) is 38.4 Å². The van der Waals surface area contributed by atoms with Crippen molar-refractivity contribution in [3.05, 3.63) is 29.8 Å². The predicted octanol–water partition coefficient (Wildman–Crippen LogP) is 1.53. The van der Waals surface area contributed by atoms with Crippen LogP contribution in [0.25, 0.3) is 6.08 Å². The number of allylic oxidation sites excluding steroid dienone is 1. The van der Waals surface area contributed by atoms with Gasteiger partial charge in [-0.15, -0.1) is 0 Å². The van der Waals surface area contributed by atoms with Crippen molar-refractivity contribution in [1.82, 2.24) is 4.90 Å². The third kappa shape index (κ3) is 8.64. The lowest BCUT2D eigenvalue weighted by Crippen LogP contribution is -2.23. The molecule has 0 saturated heterocycles. The molecule has 0 aliphatic carbocycles. The molecule has 1 aromatic rings. The van der Waals surface area contributed by atoms with Crippen molar-refractivity contribution in [2.24, 2.45) is 0 Å². The highest BCUT2D eigenvalue weighted by Gasteiger charge is 2.10. The molecule has 1 atom stereocenters. The van der Waals surface area contributed by atoms with E-state index >= 15 is 0 Å². The number of esters is 1. The van der Waals surface area contributed by atoms with Crippen molar-refractivity contribution >= 4 is 18.3 Å². The summed E-state index contributed by atoms with van der Waals surface area (Å²) in [6, 6.07) is 5.23. The molecular weight excluding hydrogens is 338 g/mol. The zero-order chi connectivity index (χ0) is 19.4. The summed E-state index contributed by atoms with van der Waals surface area (Å²) in [6.45, 7) is 0.829. The number of aliphatic hydroxyl groups excluding tert-OH is 1. The van der Waals surface area contributed by atoms with Gasteiger partial charge in [-0.2, -0.15) is 0 Å². The lowest BCUT2D eigenvalue weighted by Gasteiger charge is -2.14. The first-order valence-electron chi connectivity index (χ1n) is 8.37. The number of aldehydes is 1. The van der Waals surface area contributed by atoms with Crippen LogP contribution in [-0.4, -0.2) is 69.3 Å². The van der Waals surface area contributed by atoms with Crippen LogP contribution in [0.15, 0.2) is 24.3 Å². The van der Waals surface area contributed by atoms with E-state index in [9.17, 15) is 14.7 Å². The first-order chi connectivity index (χ1) is 12.5. The fourth-order valence-electron chi connectivity index (χ4n) is 2.03. The van der Waals surface area contributed by atoms with E-state index in [1.165, 1.54) is 13.2 Å². The first kappa shape index (κ1) is 21.7. The van der Waals surface area contributed by atoms with Gasteiger partial charge in [0.15, 0.2) is 0 Å². The number of hydrogen-bond acceptors (Lipinski definition) is 7. The van der Waals surface area contributed by atoms with Crippen LogP contribution in [-0.2, 0) is 14.3 Å². The molecule has 7 nitrogen and oxygen atoms in total. The Morgan fingerprint density at radius 2 is 2.12 bits per heavy atom. The van der Waals surface area contributed by atoms with Crippen LogP contribution in [0.4, 0.5) is 0 Å². The van der Waals surface area contributed by atoms with Crippen molar-refractivity contribution in [1.29, 1.82) is 0 Å². The van der Waals surface area contributed by atoms with Gasteiger partial charge >= 0.3 is 5.97 Å². The molecule has 1 aromatic carbocycles. The van der Waals surface area contributed by atoms with E-state index in [1.807, 2.05) is 19.0 Å². The number of carbonyl (C=O) groups excluding carboxylic acids is 2. The minimum atomic E-state index is -0.782. The quantitative estimate of drug-likeness (QED) is 0.341. The summed E-state index contributed by atoms with van der Waals surface area (Å²) in [5.41, 5.74) is 0.761. The molecule has 0 aromatic heterocycles. The molecule has 0 fully saturated rings. The second-order valence-corrected chi connectivity index (χ2v) is 5.93. The molecule has 1 unspecified atom stereocenters. The Balaban J connectivity index is 2.37. The summed E-state index contributed by atoms with van der Waals surface area (Å²) >= 11 is 0. The van der Waals surface area contributed by atoms with Gasteiger partial charge < -0.3 is 24.2 Å². The molecule has 1 rings (SSSR count). The van der Waals surface area contributed by atoms with E-state index in [4.69, 9.17) is 14.2 Å². The van der Waals surface area contributed by atoms with Gasteiger partial charge in [0.2, 0.25) is 0 Å². The molecule has 0 heterocycles. The fourth-order valence-corrected chi connectivity index (χ4v) is 2.03. The normalized spacial score (nSPS) is 12.2. The van der Waals surface area contributed by atoms with Crippen LogP contribution in [0, 0.1) is 0 Å². The van der Waals surface area contributed by atoms with Gasteiger partial charge in [0.1, 0.15) is 24.4 Å². The predicted molar refractivity (Wildman–Crippen MR) is 98.3 cm³/mol. The van der Waals surface area contributed by atoms with Gasteiger partial charge in [-0.25, -0.2) is 0 Å². The molecule has 0 saturated carbocycles. The largest absolute Gasteiger partial charge is 0.496 e. The molecule has 0 bridgehead atoms. The number of methoxy groups -OCH3 is 1. The average Bonchev–Trinajstić information content (AvgIpc) is 2.63. The van der Waals surface area contributed by atoms with Crippen LogP contribution in [0.5, 0.6) is 11.5 Å². The zero-order valence-electron chi connectivity index (χ0n) is 15.5. The molecule has 0 amide bonds. The Hall–Kier alpha value is -2.38. The average molecular weight is 365 g/mol. The fraction of sp³-hybridized carbons (Fsp3) is 0.474. The van der Waals surface area contributed by atoms with E-state index in [0.29, 0.717) is 37.2 Å². The minimum Gasteiger partial charge on any atom is -0.496 e. The summed E-state index contributed by atoms with van der Waals surface area (Å²) in [7, 11) is 5.28. The summed E-state index contributed by atoms with van der Waals surface area (Å²) in [5.74, 6) is 0.832. The first-order valence-corrected chi connectivity index (χ1v) is 8.37. The zero-order valence-corrected chi connectivity index (χ0v) is 15.5. The SMILES string of the molecule is COc1cc(OCCC(O)COC(=O)CCN(C)C)ccc1/C=C\C=O. The van der Waals surface area contributed by atoms with Crippen molar-refractivity contribution in [2.75, 3.05) is 41.0 Å². The van der Waals surface area contributed by atoms with E-state index in [-0.39, 0.29) is 19.2 Å². The Bertz CT molecular complexity index is 600. The number of hydrogen-bond donors (Lipinski definition) is 1. The molecular formula is C19H27NO6. The third-order valence-electron chi connectivity index (χ3n) is 3.48. The topological polar surface area (TPSA) is 85.3 Å². The van der Waals surface area contributed by atoms with Crippen LogP contribution in [0.2, 0.25) is 0 Å². The number of aliphatic hydroxyl groups is 1. The Kier molecular flexibility index (Phi) is 10.0. The third-order valence-corrected chi connectivity index (χ3v) is 3.48. The second-order valence-electron chi connectivity index (χ2n) is 5.93. The summed E-state index contributed by atoms with van der Waals surface area (Å²) in [5, 5.41) is 9.86. The maximum Gasteiger partial charge on any atom is 0.307 e. The van der Waals surface area contributed by atoms with Gasteiger partial charge in [-0.1, -0.05) is 0 Å². The highest BCUT2D eigenvalue weighted by Crippen LogP contribution is 2.25. The van der Waals surface area contributed by atoms with Crippen LogP contribution in [0.1, 0.15) is 18.4 Å². The van der Waals surface area contributed by atoms with Gasteiger partial charge in [-0.3, -0.25) is 9.59 Å². The number of rotatable bonds is 12. The lowest BCUT2D eigenvalue weighted by molar-refractivity contribution is -0.147. The molecule has 0 spiro atoms. The Morgan fingerprint density at radius 1 is 1.35 bits per heavy atom. The molecule has 0 aliphatic heterocycles. The number of ether oxygens (including phenoxy) is 3. The van der Waals surface area contributed by atoms with Crippen molar-refractivity contribution < 1.29 is 28.9 Å². The smallest absolute Gasteiger partial charge is 0.307 e. The monoisotopic (exact) mass is 365 g/mol. The highest BCUT2D eigenvalue weighted by atomic mass is 16.5. The van der Waals surface area contributed by atoms with Crippen molar-refractivity contribution in [3.63, 3.8) is 0 Å². The van der Waals surface area contributed by atoms with E-state index in [0.717, 1.165) is 5.56 Å². The van der Waals surface area contributed by atoms with E-state index in [2.05, 4.69) is 0 Å². The van der Waals surface area contributed by atoms with Gasteiger partial charge in [0.05, 0.1) is 26.2 Å². The van der Waals surface area contributed by atoms with Gasteiger partial charge in [0.25, 0.3) is 0 Å². The molecule has 1 N–H and O–H groups in total. The molecule has 0 radical (unpaired) electrons. The number of nitrogens with zero attached hydrogens (tertiary/aromatic N) is 1. The van der Waals surface area contributed by atoms with Gasteiger partial charge in [0, 0.05) is 24.6 Å². The Morgan fingerprint density at radius 3 is 2.77 bits per heavy atom.